The molecule has 0 spiro atoms. The van der Waals surface area contributed by atoms with Gasteiger partial charge in [-0.25, -0.2) is 0 Å². The minimum absolute atomic E-state index is 0.0705. The number of anilines is 1. The lowest BCUT2D eigenvalue weighted by Crippen LogP contribution is -2.50. The predicted molar refractivity (Wildman–Crippen MR) is 98.5 cm³/mol. The van der Waals surface area contributed by atoms with Crippen LogP contribution in [0.5, 0.6) is 0 Å². The van der Waals surface area contributed by atoms with Crippen LogP contribution in [0.15, 0.2) is 47.3 Å². The summed E-state index contributed by atoms with van der Waals surface area (Å²) in [5, 5.41) is 0. The van der Waals surface area contributed by atoms with Gasteiger partial charge in [0.05, 0.1) is 11.8 Å². The van der Waals surface area contributed by atoms with Gasteiger partial charge in [0, 0.05) is 50.4 Å². The smallest absolute Gasteiger partial charge is 0.257 e. The van der Waals surface area contributed by atoms with Gasteiger partial charge >= 0.3 is 0 Å². The van der Waals surface area contributed by atoms with Gasteiger partial charge in [-0.2, -0.15) is 0 Å². The summed E-state index contributed by atoms with van der Waals surface area (Å²) in [5.41, 5.74) is 1.87. The molecule has 2 saturated heterocycles. The van der Waals surface area contributed by atoms with Crippen molar-refractivity contribution < 1.29 is 18.8 Å². The molecule has 0 unspecified atom stereocenters. The molecule has 7 nitrogen and oxygen atoms in total. The zero-order valence-corrected chi connectivity index (χ0v) is 15.0. The first kappa shape index (κ1) is 17.3. The molecule has 0 N–H and O–H groups in total. The molecule has 0 saturated carbocycles. The SMILES string of the molecule is O=C(c1ccoc1)N1CCN(C(=O)c2cccc(N3CCCC3=O)c2)CC1. The predicted octanol–water partition coefficient (Wildman–Crippen LogP) is 2.00. The maximum Gasteiger partial charge on any atom is 0.257 e. The third-order valence-electron chi connectivity index (χ3n) is 5.10. The van der Waals surface area contributed by atoms with E-state index in [1.165, 1.54) is 12.5 Å². The van der Waals surface area contributed by atoms with Gasteiger partial charge in [0.2, 0.25) is 5.91 Å². The molecule has 27 heavy (non-hydrogen) atoms. The number of benzene rings is 1. The van der Waals surface area contributed by atoms with Crippen LogP contribution in [-0.2, 0) is 4.79 Å². The second-order valence-corrected chi connectivity index (χ2v) is 6.80. The highest BCUT2D eigenvalue weighted by atomic mass is 16.3. The molecule has 0 bridgehead atoms. The Hall–Kier alpha value is -3.09. The molecule has 2 aromatic rings. The van der Waals surface area contributed by atoms with Crippen molar-refractivity contribution in [3.05, 3.63) is 54.0 Å². The van der Waals surface area contributed by atoms with E-state index in [1.54, 1.807) is 32.9 Å². The van der Waals surface area contributed by atoms with Crippen molar-refractivity contribution >= 4 is 23.4 Å². The first-order valence-corrected chi connectivity index (χ1v) is 9.14. The van der Waals surface area contributed by atoms with Crippen LogP contribution < -0.4 is 4.90 Å². The van der Waals surface area contributed by atoms with Crippen molar-refractivity contribution in [2.75, 3.05) is 37.6 Å². The summed E-state index contributed by atoms with van der Waals surface area (Å²) in [6.07, 6.45) is 4.32. The number of amides is 3. The molecular weight excluding hydrogens is 346 g/mol. The number of furan rings is 1. The molecule has 7 heteroatoms. The highest BCUT2D eigenvalue weighted by Crippen LogP contribution is 2.23. The zero-order chi connectivity index (χ0) is 18.8. The van der Waals surface area contributed by atoms with Gasteiger partial charge in [-0.1, -0.05) is 6.07 Å². The van der Waals surface area contributed by atoms with E-state index >= 15 is 0 Å². The monoisotopic (exact) mass is 367 g/mol. The fourth-order valence-corrected chi connectivity index (χ4v) is 3.59. The summed E-state index contributed by atoms with van der Waals surface area (Å²) < 4.78 is 4.96. The molecule has 0 radical (unpaired) electrons. The fraction of sp³-hybridized carbons (Fsp3) is 0.350. The number of carbonyl (C=O) groups excluding carboxylic acids is 3. The third-order valence-corrected chi connectivity index (χ3v) is 5.10. The van der Waals surface area contributed by atoms with Crippen LogP contribution in [0.25, 0.3) is 0 Å². The Morgan fingerprint density at radius 1 is 0.889 bits per heavy atom. The summed E-state index contributed by atoms with van der Waals surface area (Å²) in [7, 11) is 0. The molecular formula is C20H21N3O4. The number of hydrogen-bond donors (Lipinski definition) is 0. The first-order valence-electron chi connectivity index (χ1n) is 9.14. The molecule has 2 aliphatic heterocycles. The van der Waals surface area contributed by atoms with Crippen molar-refractivity contribution in [3.8, 4) is 0 Å². The van der Waals surface area contributed by atoms with E-state index in [0.29, 0.717) is 50.3 Å². The molecule has 0 atom stereocenters. The number of nitrogens with zero attached hydrogens (tertiary/aromatic N) is 3. The fourth-order valence-electron chi connectivity index (χ4n) is 3.59. The number of piperazine rings is 1. The van der Waals surface area contributed by atoms with Crippen LogP contribution in [-0.4, -0.2) is 60.2 Å². The Kier molecular flexibility index (Phi) is 4.66. The third kappa shape index (κ3) is 3.45. The lowest BCUT2D eigenvalue weighted by Gasteiger charge is -2.34. The number of hydrogen-bond acceptors (Lipinski definition) is 4. The van der Waals surface area contributed by atoms with Crippen LogP contribution in [0.4, 0.5) is 5.69 Å². The second-order valence-electron chi connectivity index (χ2n) is 6.80. The lowest BCUT2D eigenvalue weighted by molar-refractivity contribution is -0.117. The molecule has 1 aromatic heterocycles. The molecule has 140 valence electrons. The van der Waals surface area contributed by atoms with E-state index in [1.807, 2.05) is 12.1 Å². The minimum atomic E-state index is -0.0783. The van der Waals surface area contributed by atoms with Crippen molar-refractivity contribution in [2.24, 2.45) is 0 Å². The Labute approximate surface area is 157 Å². The average Bonchev–Trinajstić information content (AvgIpc) is 3.39. The van der Waals surface area contributed by atoms with E-state index in [9.17, 15) is 14.4 Å². The Morgan fingerprint density at radius 2 is 1.59 bits per heavy atom. The lowest BCUT2D eigenvalue weighted by atomic mass is 10.1. The number of rotatable bonds is 3. The molecule has 0 aliphatic carbocycles. The van der Waals surface area contributed by atoms with E-state index in [0.717, 1.165) is 12.1 Å². The highest BCUT2D eigenvalue weighted by Gasteiger charge is 2.27. The molecule has 2 fully saturated rings. The summed E-state index contributed by atoms with van der Waals surface area (Å²) >= 11 is 0. The normalized spacial score (nSPS) is 17.5. The zero-order valence-electron chi connectivity index (χ0n) is 15.0. The van der Waals surface area contributed by atoms with Gasteiger partial charge in [0.15, 0.2) is 0 Å². The van der Waals surface area contributed by atoms with Crippen LogP contribution in [0.3, 0.4) is 0 Å². The van der Waals surface area contributed by atoms with Gasteiger partial charge in [-0.3, -0.25) is 14.4 Å². The quantitative estimate of drug-likeness (QED) is 0.832. The van der Waals surface area contributed by atoms with Gasteiger partial charge in [-0.15, -0.1) is 0 Å². The topological polar surface area (TPSA) is 74.1 Å². The van der Waals surface area contributed by atoms with Gasteiger partial charge in [0.1, 0.15) is 6.26 Å². The second kappa shape index (κ2) is 7.26. The largest absolute Gasteiger partial charge is 0.472 e. The maximum absolute atomic E-state index is 12.9. The van der Waals surface area contributed by atoms with E-state index in [-0.39, 0.29) is 17.7 Å². The van der Waals surface area contributed by atoms with Gasteiger partial charge in [0.25, 0.3) is 11.8 Å². The van der Waals surface area contributed by atoms with Gasteiger partial charge in [-0.05, 0) is 30.7 Å². The molecule has 1 aromatic carbocycles. The van der Waals surface area contributed by atoms with Crippen LogP contribution in [0.2, 0.25) is 0 Å². The highest BCUT2D eigenvalue weighted by molar-refractivity contribution is 5.99. The van der Waals surface area contributed by atoms with E-state index in [2.05, 4.69) is 0 Å². The average molecular weight is 367 g/mol. The Bertz CT molecular complexity index is 854. The van der Waals surface area contributed by atoms with Crippen LogP contribution >= 0.6 is 0 Å². The van der Waals surface area contributed by atoms with Crippen LogP contribution in [0, 0.1) is 0 Å². The molecule has 4 rings (SSSR count). The molecule has 2 aliphatic rings. The Morgan fingerprint density at radius 3 is 2.19 bits per heavy atom. The summed E-state index contributed by atoms with van der Waals surface area (Å²) in [6, 6.07) is 8.88. The van der Waals surface area contributed by atoms with Crippen molar-refractivity contribution in [1.29, 1.82) is 0 Å². The van der Waals surface area contributed by atoms with Crippen molar-refractivity contribution in [1.82, 2.24) is 9.80 Å². The molecule has 3 heterocycles. The standard InChI is InChI=1S/C20H21N3O4/c24-18-5-2-7-23(18)17-4-1-3-15(13-17)19(25)21-8-10-22(11-9-21)20(26)16-6-12-27-14-16/h1,3-4,6,12-14H,2,5,7-11H2. The Balaban J connectivity index is 1.41. The summed E-state index contributed by atoms with van der Waals surface area (Å²) in [5.74, 6) is -0.0460. The van der Waals surface area contributed by atoms with Crippen molar-refractivity contribution in [2.45, 2.75) is 12.8 Å². The van der Waals surface area contributed by atoms with E-state index in [4.69, 9.17) is 4.42 Å². The minimum Gasteiger partial charge on any atom is -0.472 e. The molecule has 3 amide bonds. The van der Waals surface area contributed by atoms with E-state index < -0.39 is 0 Å². The maximum atomic E-state index is 12.9. The first-order chi connectivity index (χ1) is 13.1. The van der Waals surface area contributed by atoms with Gasteiger partial charge < -0.3 is 19.1 Å². The van der Waals surface area contributed by atoms with Crippen LogP contribution in [0.1, 0.15) is 33.6 Å². The number of carbonyl (C=O) groups is 3. The summed E-state index contributed by atoms with van der Waals surface area (Å²) in [4.78, 5) is 42.4. The van der Waals surface area contributed by atoms with Crippen molar-refractivity contribution in [3.63, 3.8) is 0 Å². The summed E-state index contributed by atoms with van der Waals surface area (Å²) in [6.45, 7) is 2.63.